The molecule has 0 atom stereocenters. The number of nitrogens with one attached hydrogen (secondary N) is 1. The fraction of sp³-hybridized carbons (Fsp3) is 0.324. The molecule has 0 aliphatic carbocycles. The molecule has 7 rings (SSSR count). The number of nitrogens with zero attached hydrogens (tertiary/aromatic N) is 6. The molecule has 0 bridgehead atoms. The van der Waals surface area contributed by atoms with Gasteiger partial charge in [-0.3, -0.25) is 19.1 Å². The van der Waals surface area contributed by atoms with E-state index in [4.69, 9.17) is 10.5 Å². The second-order valence-electron chi connectivity index (χ2n) is 12.1. The highest BCUT2D eigenvalue weighted by Gasteiger charge is 2.29. The van der Waals surface area contributed by atoms with E-state index in [0.717, 1.165) is 35.0 Å². The van der Waals surface area contributed by atoms with E-state index >= 15 is 0 Å². The number of nitrogens with two attached hydrogens (primary N) is 1. The van der Waals surface area contributed by atoms with Crippen LogP contribution in [0.2, 0.25) is 0 Å². The van der Waals surface area contributed by atoms with Gasteiger partial charge in [0.1, 0.15) is 23.4 Å². The number of likely N-dealkylation sites (tertiary alicyclic amines) is 1. The molecule has 12 heteroatoms. The molecule has 1 saturated heterocycles. The molecule has 2 aliphatic heterocycles. The van der Waals surface area contributed by atoms with Crippen LogP contribution >= 0.6 is 0 Å². The van der Waals surface area contributed by atoms with Crippen LogP contribution in [-0.2, 0) is 22.7 Å². The lowest BCUT2D eigenvalue weighted by Crippen LogP contribution is -2.41. The molecule has 2 amide bonds. The van der Waals surface area contributed by atoms with E-state index in [1.807, 2.05) is 65.9 Å². The Labute approximate surface area is 265 Å². The number of benzene rings is 2. The molecule has 46 heavy (non-hydrogen) atoms. The first-order chi connectivity index (χ1) is 22.3. The van der Waals surface area contributed by atoms with Gasteiger partial charge in [0, 0.05) is 42.5 Å². The molecule has 0 radical (unpaired) electrons. The van der Waals surface area contributed by atoms with Crippen LogP contribution in [-0.4, -0.2) is 60.3 Å². The van der Waals surface area contributed by atoms with E-state index in [1.165, 1.54) is 6.33 Å². The van der Waals surface area contributed by atoms with E-state index < -0.39 is 5.91 Å². The maximum Gasteiger partial charge on any atom is 0.284 e. The van der Waals surface area contributed by atoms with E-state index in [1.54, 1.807) is 16.8 Å². The number of carbonyl (C=O) groups is 2. The first kappa shape index (κ1) is 29.5. The standard InChI is InChI=1S/C34H36N8O4/c1-21(2)33(44)39-14-12-24(13-15-39)40-18-26(28-30(35)36-20-37-31(28)40)22-8-10-23(11-9-22)38-32(43)29-27-19-46-17-16-41(27)42(34(29)45)25-6-4-3-5-7-25/h3-11,18,20-21,24H,12-17,19H2,1-2H3,(H,38,43)(H2,35,36,37). The minimum Gasteiger partial charge on any atom is -0.383 e. The minimum absolute atomic E-state index is 0.0215. The van der Waals surface area contributed by atoms with Gasteiger partial charge in [0.25, 0.3) is 11.5 Å². The predicted molar refractivity (Wildman–Crippen MR) is 175 cm³/mol. The Kier molecular flexibility index (Phi) is 7.65. The molecule has 0 saturated carbocycles. The molecule has 0 unspecified atom stereocenters. The van der Waals surface area contributed by atoms with Crippen molar-refractivity contribution < 1.29 is 14.3 Å². The summed E-state index contributed by atoms with van der Waals surface area (Å²) in [5.41, 5.74) is 10.4. The molecule has 3 N–H and O–H groups in total. The zero-order valence-corrected chi connectivity index (χ0v) is 25.8. The van der Waals surface area contributed by atoms with Crippen LogP contribution in [0.4, 0.5) is 11.5 Å². The lowest BCUT2D eigenvalue weighted by molar-refractivity contribution is -0.135. The summed E-state index contributed by atoms with van der Waals surface area (Å²) < 4.78 is 11.2. The molecule has 236 valence electrons. The van der Waals surface area contributed by atoms with Gasteiger partial charge < -0.3 is 25.3 Å². The van der Waals surface area contributed by atoms with Gasteiger partial charge in [0.15, 0.2) is 0 Å². The van der Waals surface area contributed by atoms with Crippen molar-refractivity contribution in [2.45, 2.75) is 45.9 Å². The van der Waals surface area contributed by atoms with E-state index in [9.17, 15) is 14.4 Å². The van der Waals surface area contributed by atoms with Gasteiger partial charge in [-0.25, -0.2) is 14.6 Å². The second kappa shape index (κ2) is 11.9. The Balaban J connectivity index is 1.16. The Morgan fingerprint density at radius 2 is 1.74 bits per heavy atom. The number of hydrogen-bond donors (Lipinski definition) is 2. The first-order valence-corrected chi connectivity index (χ1v) is 15.6. The van der Waals surface area contributed by atoms with Crippen LogP contribution in [0.3, 0.4) is 0 Å². The highest BCUT2D eigenvalue weighted by Crippen LogP contribution is 2.37. The molecule has 2 aromatic carbocycles. The number of rotatable bonds is 6. The van der Waals surface area contributed by atoms with Gasteiger partial charge in [-0.15, -0.1) is 0 Å². The largest absolute Gasteiger partial charge is 0.383 e. The Morgan fingerprint density at radius 3 is 2.46 bits per heavy atom. The Hall–Kier alpha value is -5.23. The Bertz CT molecular complexity index is 1980. The molecule has 12 nitrogen and oxygen atoms in total. The zero-order valence-electron chi connectivity index (χ0n) is 25.8. The average Bonchev–Trinajstić information content (AvgIpc) is 3.61. The monoisotopic (exact) mass is 620 g/mol. The van der Waals surface area contributed by atoms with Gasteiger partial charge in [0.05, 0.1) is 36.5 Å². The van der Waals surface area contributed by atoms with Crippen molar-refractivity contribution in [2.75, 3.05) is 30.7 Å². The number of anilines is 2. The van der Waals surface area contributed by atoms with Gasteiger partial charge in [-0.05, 0) is 42.7 Å². The summed E-state index contributed by atoms with van der Waals surface area (Å²) in [5.74, 6) is 0.0615. The molecule has 2 aliphatic rings. The summed E-state index contributed by atoms with van der Waals surface area (Å²) in [7, 11) is 0. The van der Waals surface area contributed by atoms with Crippen molar-refractivity contribution >= 4 is 34.4 Å². The van der Waals surface area contributed by atoms with E-state index in [2.05, 4.69) is 26.0 Å². The van der Waals surface area contributed by atoms with E-state index in [0.29, 0.717) is 49.1 Å². The number of aromatic nitrogens is 5. The molecule has 3 aromatic heterocycles. The van der Waals surface area contributed by atoms with Crippen LogP contribution in [0.15, 0.2) is 71.9 Å². The summed E-state index contributed by atoms with van der Waals surface area (Å²) in [6, 6.07) is 16.9. The highest BCUT2D eigenvalue weighted by atomic mass is 16.5. The van der Waals surface area contributed by atoms with Crippen LogP contribution in [0.1, 0.15) is 48.8 Å². The average molecular weight is 621 g/mol. The number of para-hydroxylation sites is 1. The molecular formula is C34H36N8O4. The van der Waals surface area contributed by atoms with Crippen LogP contribution in [0.5, 0.6) is 0 Å². The third-order valence-electron chi connectivity index (χ3n) is 8.92. The summed E-state index contributed by atoms with van der Waals surface area (Å²) in [6.45, 7) is 6.36. The maximum atomic E-state index is 13.6. The smallest absolute Gasteiger partial charge is 0.284 e. The molecule has 0 spiro atoms. The number of hydrogen-bond acceptors (Lipinski definition) is 7. The fourth-order valence-electron chi connectivity index (χ4n) is 6.61. The highest BCUT2D eigenvalue weighted by molar-refractivity contribution is 6.05. The third-order valence-corrected chi connectivity index (χ3v) is 8.92. The number of nitrogen functional groups attached to an aromatic ring is 1. The van der Waals surface area contributed by atoms with Crippen molar-refractivity contribution in [3.8, 4) is 16.8 Å². The molecule has 5 heterocycles. The first-order valence-electron chi connectivity index (χ1n) is 15.6. The van der Waals surface area contributed by atoms with Crippen LogP contribution in [0.25, 0.3) is 27.8 Å². The summed E-state index contributed by atoms with van der Waals surface area (Å²) in [6.07, 6.45) is 5.17. The van der Waals surface area contributed by atoms with Gasteiger partial charge in [-0.2, -0.15) is 0 Å². The van der Waals surface area contributed by atoms with Crippen LogP contribution < -0.4 is 16.6 Å². The zero-order chi connectivity index (χ0) is 31.9. The Morgan fingerprint density at radius 1 is 1.00 bits per heavy atom. The summed E-state index contributed by atoms with van der Waals surface area (Å²) >= 11 is 0. The number of carbonyl (C=O) groups excluding carboxylic acids is 2. The lowest BCUT2D eigenvalue weighted by atomic mass is 10.0. The molecule has 5 aromatic rings. The quantitative estimate of drug-likeness (QED) is 0.289. The summed E-state index contributed by atoms with van der Waals surface area (Å²) in [5, 5.41) is 3.68. The lowest BCUT2D eigenvalue weighted by Gasteiger charge is -2.34. The van der Waals surface area contributed by atoms with Crippen molar-refractivity contribution in [3.63, 3.8) is 0 Å². The van der Waals surface area contributed by atoms with Crippen molar-refractivity contribution in [1.82, 2.24) is 28.8 Å². The fourth-order valence-corrected chi connectivity index (χ4v) is 6.61. The topological polar surface area (TPSA) is 142 Å². The minimum atomic E-state index is -0.488. The van der Waals surface area contributed by atoms with Crippen molar-refractivity contribution in [2.24, 2.45) is 5.92 Å². The molecular weight excluding hydrogens is 584 g/mol. The normalized spacial score (nSPS) is 15.3. The van der Waals surface area contributed by atoms with E-state index in [-0.39, 0.29) is 35.6 Å². The van der Waals surface area contributed by atoms with Gasteiger partial charge in [-0.1, -0.05) is 44.2 Å². The second-order valence-corrected chi connectivity index (χ2v) is 12.1. The number of ether oxygens (including phenoxy) is 1. The van der Waals surface area contributed by atoms with Crippen molar-refractivity contribution in [3.05, 3.63) is 88.7 Å². The third kappa shape index (κ3) is 5.14. The SMILES string of the molecule is CC(C)C(=O)N1CCC(n2cc(-c3ccc(NC(=O)c4c5n(n(-c6ccccc6)c4=O)CCOC5)cc3)c3c(N)ncnc32)CC1. The van der Waals surface area contributed by atoms with Gasteiger partial charge >= 0.3 is 0 Å². The van der Waals surface area contributed by atoms with Gasteiger partial charge in [0.2, 0.25) is 5.91 Å². The number of fused-ring (bicyclic) bond motifs is 2. The maximum absolute atomic E-state index is 13.6. The summed E-state index contributed by atoms with van der Waals surface area (Å²) in [4.78, 5) is 50.5. The van der Waals surface area contributed by atoms with Crippen LogP contribution in [0, 0.1) is 5.92 Å². The number of piperidine rings is 1. The van der Waals surface area contributed by atoms with Crippen molar-refractivity contribution in [1.29, 1.82) is 0 Å². The molecule has 1 fully saturated rings. The number of amides is 2. The predicted octanol–water partition coefficient (Wildman–Crippen LogP) is 4.23.